The number of nitro groups is 1. The van der Waals surface area contributed by atoms with Crippen molar-refractivity contribution in [3.63, 3.8) is 0 Å². The number of carbonyl (C=O) groups is 2. The van der Waals surface area contributed by atoms with Gasteiger partial charge in [-0.05, 0) is 25.1 Å². The highest BCUT2D eigenvalue weighted by molar-refractivity contribution is 7.99. The van der Waals surface area contributed by atoms with E-state index in [2.05, 4.69) is 10.6 Å². The van der Waals surface area contributed by atoms with Crippen LogP contribution in [0.15, 0.2) is 53.4 Å². The third-order valence-corrected chi connectivity index (χ3v) is 4.21. The highest BCUT2D eigenvalue weighted by Crippen LogP contribution is 2.31. The molecule has 0 heterocycles. The van der Waals surface area contributed by atoms with Crippen molar-refractivity contribution in [1.29, 1.82) is 0 Å². The molecule has 2 rings (SSSR count). The van der Waals surface area contributed by atoms with Crippen LogP contribution in [0, 0.1) is 10.1 Å². The summed E-state index contributed by atoms with van der Waals surface area (Å²) in [6.07, 6.45) is 0. The minimum atomic E-state index is -2.64. The molecule has 0 saturated carbocycles. The summed E-state index contributed by atoms with van der Waals surface area (Å²) < 4.78 is 25.2. The first-order valence-corrected chi connectivity index (χ1v) is 8.56. The van der Waals surface area contributed by atoms with Crippen molar-refractivity contribution < 1.29 is 23.3 Å². The van der Waals surface area contributed by atoms with Gasteiger partial charge in [0.25, 0.3) is 17.4 Å². The van der Waals surface area contributed by atoms with Crippen LogP contribution < -0.4 is 10.6 Å². The van der Waals surface area contributed by atoms with Crippen LogP contribution in [0.4, 0.5) is 20.2 Å². The fourth-order valence-electron chi connectivity index (χ4n) is 2.12. The van der Waals surface area contributed by atoms with Crippen LogP contribution in [-0.4, -0.2) is 28.5 Å². The topological polar surface area (TPSA) is 101 Å². The second-order valence-corrected chi connectivity index (χ2v) is 6.40. The number of nitrogens with zero attached hydrogens (tertiary/aromatic N) is 1. The largest absolute Gasteiger partial charge is 0.341 e. The highest BCUT2D eigenvalue weighted by atomic mass is 32.2. The molecule has 2 amide bonds. The molecule has 0 saturated heterocycles. The SMILES string of the molecule is CC(NC(=O)c1cccc([N+](=O)[O-])c1)C(=O)Nc1ccccc1SC(F)F. The summed E-state index contributed by atoms with van der Waals surface area (Å²) in [6, 6.07) is 10.1. The number of para-hydroxylation sites is 1. The van der Waals surface area contributed by atoms with Gasteiger partial charge in [0.1, 0.15) is 6.04 Å². The van der Waals surface area contributed by atoms with Crippen LogP contribution in [0.2, 0.25) is 0 Å². The first-order valence-electron chi connectivity index (χ1n) is 7.68. The fraction of sp³-hybridized carbons (Fsp3) is 0.176. The van der Waals surface area contributed by atoms with E-state index in [-0.39, 0.29) is 21.8 Å². The third-order valence-electron chi connectivity index (χ3n) is 3.42. The molecule has 0 bridgehead atoms. The van der Waals surface area contributed by atoms with E-state index in [0.717, 1.165) is 6.07 Å². The van der Waals surface area contributed by atoms with Crippen molar-refractivity contribution in [3.05, 3.63) is 64.2 Å². The van der Waals surface area contributed by atoms with Gasteiger partial charge in [-0.15, -0.1) is 0 Å². The minimum absolute atomic E-state index is 0.0255. The van der Waals surface area contributed by atoms with Crippen LogP contribution in [0.25, 0.3) is 0 Å². The van der Waals surface area contributed by atoms with Crippen molar-refractivity contribution >= 4 is 35.0 Å². The lowest BCUT2D eigenvalue weighted by atomic mass is 10.1. The maximum absolute atomic E-state index is 12.6. The third kappa shape index (κ3) is 5.74. The molecule has 0 aliphatic rings. The standard InChI is InChI=1S/C17H15F2N3O4S/c1-10(20-16(24)11-5-4-6-12(9-11)22(25)26)15(23)21-13-7-2-3-8-14(13)27-17(18)19/h2-10,17H,1H3,(H,20,24)(H,21,23). The predicted octanol–water partition coefficient (Wildman–Crippen LogP) is 3.67. The molecular weight excluding hydrogens is 380 g/mol. The van der Waals surface area contributed by atoms with Gasteiger partial charge in [-0.25, -0.2) is 0 Å². The number of hydrogen-bond acceptors (Lipinski definition) is 5. The number of thioether (sulfide) groups is 1. The van der Waals surface area contributed by atoms with E-state index < -0.39 is 28.5 Å². The molecule has 10 heteroatoms. The maximum atomic E-state index is 12.6. The number of benzene rings is 2. The summed E-state index contributed by atoms with van der Waals surface area (Å²) in [5.41, 5.74) is -0.0283. The summed E-state index contributed by atoms with van der Waals surface area (Å²) >= 11 is 0.295. The van der Waals surface area contributed by atoms with Crippen LogP contribution in [0.3, 0.4) is 0 Å². The Morgan fingerprint density at radius 2 is 1.85 bits per heavy atom. The molecule has 2 aromatic carbocycles. The fourth-order valence-corrected chi connectivity index (χ4v) is 2.71. The summed E-state index contributed by atoms with van der Waals surface area (Å²) in [7, 11) is 0. The van der Waals surface area contributed by atoms with Gasteiger partial charge in [0, 0.05) is 22.6 Å². The molecule has 2 aromatic rings. The van der Waals surface area contributed by atoms with Gasteiger partial charge in [-0.1, -0.05) is 30.0 Å². The van der Waals surface area contributed by atoms with E-state index in [1.54, 1.807) is 12.1 Å². The van der Waals surface area contributed by atoms with Crippen molar-refractivity contribution in [1.82, 2.24) is 5.32 Å². The Labute approximate surface area is 157 Å². The average molecular weight is 395 g/mol. The average Bonchev–Trinajstić information content (AvgIpc) is 2.62. The Balaban J connectivity index is 2.05. The van der Waals surface area contributed by atoms with Gasteiger partial charge in [-0.2, -0.15) is 8.78 Å². The molecule has 0 aromatic heterocycles. The number of hydrogen-bond donors (Lipinski definition) is 2. The second-order valence-electron chi connectivity index (χ2n) is 5.37. The van der Waals surface area contributed by atoms with E-state index >= 15 is 0 Å². The van der Waals surface area contributed by atoms with Gasteiger partial charge in [-0.3, -0.25) is 19.7 Å². The molecule has 0 radical (unpaired) electrons. The van der Waals surface area contributed by atoms with Gasteiger partial charge < -0.3 is 10.6 Å². The molecule has 0 spiro atoms. The van der Waals surface area contributed by atoms with E-state index in [4.69, 9.17) is 0 Å². The van der Waals surface area contributed by atoms with E-state index in [1.807, 2.05) is 0 Å². The number of nitro benzene ring substituents is 1. The van der Waals surface area contributed by atoms with Gasteiger partial charge in [0.05, 0.1) is 10.6 Å². The number of halogens is 2. The molecule has 0 aliphatic heterocycles. The van der Waals surface area contributed by atoms with Crippen molar-refractivity contribution in [2.45, 2.75) is 23.6 Å². The Kier molecular flexibility index (Phi) is 6.83. The monoisotopic (exact) mass is 395 g/mol. The lowest BCUT2D eigenvalue weighted by molar-refractivity contribution is -0.384. The first-order chi connectivity index (χ1) is 12.8. The van der Waals surface area contributed by atoms with Crippen LogP contribution in [-0.2, 0) is 4.79 Å². The molecule has 0 fully saturated rings. The first kappa shape index (κ1) is 20.3. The molecule has 1 unspecified atom stereocenters. The predicted molar refractivity (Wildman–Crippen MR) is 97.0 cm³/mol. The zero-order valence-electron chi connectivity index (χ0n) is 14.0. The maximum Gasteiger partial charge on any atom is 0.288 e. The van der Waals surface area contributed by atoms with Gasteiger partial charge >= 0.3 is 0 Å². The number of nitrogens with one attached hydrogen (secondary N) is 2. The molecule has 27 heavy (non-hydrogen) atoms. The Morgan fingerprint density at radius 1 is 1.15 bits per heavy atom. The summed E-state index contributed by atoms with van der Waals surface area (Å²) in [5, 5.41) is 15.7. The number of non-ortho nitro benzene ring substituents is 1. The van der Waals surface area contributed by atoms with Crippen LogP contribution in [0.5, 0.6) is 0 Å². The zero-order chi connectivity index (χ0) is 20.0. The normalized spacial score (nSPS) is 11.7. The van der Waals surface area contributed by atoms with Crippen molar-refractivity contribution in [2.75, 3.05) is 5.32 Å². The van der Waals surface area contributed by atoms with E-state index in [9.17, 15) is 28.5 Å². The summed E-state index contributed by atoms with van der Waals surface area (Å²) in [5.74, 6) is -3.93. The van der Waals surface area contributed by atoms with Gasteiger partial charge in [0.2, 0.25) is 5.91 Å². The number of alkyl halides is 2. The number of carbonyl (C=O) groups excluding carboxylic acids is 2. The van der Waals surface area contributed by atoms with E-state index in [0.29, 0.717) is 11.8 Å². The number of amides is 2. The van der Waals surface area contributed by atoms with Crippen LogP contribution >= 0.6 is 11.8 Å². The van der Waals surface area contributed by atoms with Crippen molar-refractivity contribution in [2.24, 2.45) is 0 Å². The second kappa shape index (κ2) is 9.08. The lowest BCUT2D eigenvalue weighted by Crippen LogP contribution is -2.41. The minimum Gasteiger partial charge on any atom is -0.341 e. The Hall–Kier alpha value is -3.01. The molecular formula is C17H15F2N3O4S. The molecule has 1 atom stereocenters. The summed E-state index contributed by atoms with van der Waals surface area (Å²) in [4.78, 5) is 34.8. The Morgan fingerprint density at radius 3 is 2.52 bits per heavy atom. The number of rotatable bonds is 7. The smallest absolute Gasteiger partial charge is 0.288 e. The quantitative estimate of drug-likeness (QED) is 0.423. The van der Waals surface area contributed by atoms with Crippen molar-refractivity contribution in [3.8, 4) is 0 Å². The number of anilines is 1. The molecule has 0 aliphatic carbocycles. The van der Waals surface area contributed by atoms with Gasteiger partial charge in [0.15, 0.2) is 0 Å². The lowest BCUT2D eigenvalue weighted by Gasteiger charge is -2.16. The molecule has 7 nitrogen and oxygen atoms in total. The van der Waals surface area contributed by atoms with Crippen LogP contribution in [0.1, 0.15) is 17.3 Å². The zero-order valence-corrected chi connectivity index (χ0v) is 14.8. The Bertz CT molecular complexity index is 864. The highest BCUT2D eigenvalue weighted by Gasteiger charge is 2.20. The molecule has 142 valence electrons. The molecule has 2 N–H and O–H groups in total. The summed E-state index contributed by atoms with van der Waals surface area (Å²) in [6.45, 7) is 1.41. The van der Waals surface area contributed by atoms with E-state index in [1.165, 1.54) is 37.3 Å².